The van der Waals surface area contributed by atoms with Gasteiger partial charge in [0, 0.05) is 16.6 Å². The van der Waals surface area contributed by atoms with Crippen LogP contribution in [0.3, 0.4) is 0 Å². The number of anilines is 1. The maximum atomic E-state index is 5.45. The standard InChI is InChI=1S/C15H13BrN2OS/c1-10-18-14(9-20-10)11-2-4-12(5-3-11)17-8-13-6-7-15(16)19-13/h2-7,9,17H,8H2,1H3. The molecule has 1 N–H and O–H groups in total. The quantitative estimate of drug-likeness (QED) is 0.713. The van der Waals surface area contributed by atoms with Crippen LogP contribution in [0.4, 0.5) is 5.69 Å². The van der Waals surface area contributed by atoms with Crippen LogP contribution in [-0.4, -0.2) is 4.98 Å². The summed E-state index contributed by atoms with van der Waals surface area (Å²) in [7, 11) is 0. The average Bonchev–Trinajstić information content (AvgIpc) is 3.06. The molecular weight excluding hydrogens is 336 g/mol. The van der Waals surface area contributed by atoms with Gasteiger partial charge < -0.3 is 9.73 Å². The number of nitrogens with zero attached hydrogens (tertiary/aromatic N) is 1. The number of furan rings is 1. The molecular formula is C15H13BrN2OS. The molecule has 0 aliphatic rings. The van der Waals surface area contributed by atoms with Crippen molar-refractivity contribution in [3.63, 3.8) is 0 Å². The highest BCUT2D eigenvalue weighted by molar-refractivity contribution is 9.10. The molecule has 5 heteroatoms. The second kappa shape index (κ2) is 5.81. The molecule has 0 fully saturated rings. The summed E-state index contributed by atoms with van der Waals surface area (Å²) in [6.45, 7) is 2.69. The molecule has 2 heterocycles. The van der Waals surface area contributed by atoms with Crippen molar-refractivity contribution < 1.29 is 4.42 Å². The van der Waals surface area contributed by atoms with Gasteiger partial charge in [-0.15, -0.1) is 11.3 Å². The van der Waals surface area contributed by atoms with E-state index in [1.54, 1.807) is 11.3 Å². The number of nitrogens with one attached hydrogen (secondary N) is 1. The van der Waals surface area contributed by atoms with Crippen LogP contribution in [0.25, 0.3) is 11.3 Å². The van der Waals surface area contributed by atoms with Crippen molar-refractivity contribution in [2.45, 2.75) is 13.5 Å². The molecule has 0 saturated carbocycles. The predicted octanol–water partition coefficient (Wildman–Crippen LogP) is 5.09. The zero-order valence-corrected chi connectivity index (χ0v) is 13.3. The Labute approximate surface area is 129 Å². The van der Waals surface area contributed by atoms with Crippen LogP contribution in [0.2, 0.25) is 0 Å². The zero-order valence-electron chi connectivity index (χ0n) is 10.9. The number of hydrogen-bond acceptors (Lipinski definition) is 4. The van der Waals surface area contributed by atoms with Gasteiger partial charge in [-0.2, -0.15) is 0 Å². The summed E-state index contributed by atoms with van der Waals surface area (Å²) in [5, 5.41) is 6.50. The number of hydrogen-bond donors (Lipinski definition) is 1. The summed E-state index contributed by atoms with van der Waals surface area (Å²) in [4.78, 5) is 4.48. The van der Waals surface area contributed by atoms with Crippen molar-refractivity contribution in [2.24, 2.45) is 0 Å². The minimum absolute atomic E-state index is 0.667. The number of aromatic nitrogens is 1. The van der Waals surface area contributed by atoms with Gasteiger partial charge in [0.1, 0.15) is 5.76 Å². The van der Waals surface area contributed by atoms with Gasteiger partial charge in [0.05, 0.1) is 17.2 Å². The molecule has 0 radical (unpaired) electrons. The fourth-order valence-corrected chi connectivity index (χ4v) is 2.85. The molecule has 3 nitrogen and oxygen atoms in total. The highest BCUT2D eigenvalue weighted by Crippen LogP contribution is 2.23. The summed E-state index contributed by atoms with van der Waals surface area (Å²) >= 11 is 4.97. The molecule has 0 aliphatic heterocycles. The van der Waals surface area contributed by atoms with Gasteiger partial charge in [0.15, 0.2) is 4.67 Å². The van der Waals surface area contributed by atoms with E-state index in [1.807, 2.05) is 19.1 Å². The van der Waals surface area contributed by atoms with Gasteiger partial charge in [0.25, 0.3) is 0 Å². The monoisotopic (exact) mass is 348 g/mol. The van der Waals surface area contributed by atoms with E-state index in [2.05, 4.69) is 55.9 Å². The number of rotatable bonds is 4. The summed E-state index contributed by atoms with van der Waals surface area (Å²) in [5.41, 5.74) is 3.24. The van der Waals surface area contributed by atoms with E-state index in [4.69, 9.17) is 4.42 Å². The van der Waals surface area contributed by atoms with Crippen molar-refractivity contribution >= 4 is 33.0 Å². The lowest BCUT2D eigenvalue weighted by Crippen LogP contribution is -1.97. The summed E-state index contributed by atoms with van der Waals surface area (Å²) < 4.78 is 6.20. The maximum Gasteiger partial charge on any atom is 0.169 e. The third-order valence-corrected chi connectivity index (χ3v) is 4.09. The minimum atomic E-state index is 0.667. The Morgan fingerprint density at radius 2 is 2.00 bits per heavy atom. The first-order chi connectivity index (χ1) is 9.70. The van der Waals surface area contributed by atoms with Crippen molar-refractivity contribution in [1.29, 1.82) is 0 Å². The van der Waals surface area contributed by atoms with E-state index in [1.165, 1.54) is 0 Å². The molecule has 0 unspecified atom stereocenters. The molecule has 0 bridgehead atoms. The molecule has 0 aliphatic carbocycles. The van der Waals surface area contributed by atoms with Gasteiger partial charge in [0.2, 0.25) is 0 Å². The van der Waals surface area contributed by atoms with Crippen LogP contribution in [0.15, 0.2) is 50.9 Å². The number of thiazole rings is 1. The van der Waals surface area contributed by atoms with E-state index >= 15 is 0 Å². The third-order valence-electron chi connectivity index (χ3n) is 2.90. The first-order valence-electron chi connectivity index (χ1n) is 6.21. The number of halogens is 1. The van der Waals surface area contributed by atoms with Gasteiger partial charge in [-0.1, -0.05) is 12.1 Å². The Kier molecular flexibility index (Phi) is 3.89. The van der Waals surface area contributed by atoms with Crippen LogP contribution < -0.4 is 5.32 Å². The molecule has 102 valence electrons. The lowest BCUT2D eigenvalue weighted by Gasteiger charge is -2.05. The van der Waals surface area contributed by atoms with Crippen molar-refractivity contribution in [3.05, 3.63) is 57.2 Å². The maximum absolute atomic E-state index is 5.45. The van der Waals surface area contributed by atoms with Crippen LogP contribution in [0.1, 0.15) is 10.8 Å². The fraction of sp³-hybridized carbons (Fsp3) is 0.133. The normalized spacial score (nSPS) is 10.7. The molecule has 20 heavy (non-hydrogen) atoms. The average molecular weight is 349 g/mol. The third kappa shape index (κ3) is 3.11. The summed E-state index contributed by atoms with van der Waals surface area (Å²) in [6.07, 6.45) is 0. The Balaban J connectivity index is 1.67. The smallest absolute Gasteiger partial charge is 0.169 e. The molecule has 0 atom stereocenters. The largest absolute Gasteiger partial charge is 0.452 e. The zero-order chi connectivity index (χ0) is 13.9. The topological polar surface area (TPSA) is 38.1 Å². The van der Waals surface area contributed by atoms with Crippen molar-refractivity contribution in [2.75, 3.05) is 5.32 Å². The van der Waals surface area contributed by atoms with Crippen LogP contribution in [0.5, 0.6) is 0 Å². The molecule has 0 spiro atoms. The molecule has 0 saturated heterocycles. The molecule has 2 aromatic heterocycles. The first kappa shape index (κ1) is 13.4. The second-order valence-electron chi connectivity index (χ2n) is 4.39. The molecule has 3 rings (SSSR count). The Bertz CT molecular complexity index is 703. The predicted molar refractivity (Wildman–Crippen MR) is 86.0 cm³/mol. The SMILES string of the molecule is Cc1nc(-c2ccc(NCc3ccc(Br)o3)cc2)cs1. The molecule has 1 aromatic carbocycles. The van der Waals surface area contributed by atoms with Crippen LogP contribution in [0, 0.1) is 6.92 Å². The van der Waals surface area contributed by atoms with Gasteiger partial charge in [-0.3, -0.25) is 0 Å². The highest BCUT2D eigenvalue weighted by atomic mass is 79.9. The van der Waals surface area contributed by atoms with Crippen molar-refractivity contribution in [1.82, 2.24) is 4.98 Å². The number of benzene rings is 1. The summed E-state index contributed by atoms with van der Waals surface area (Å²) in [6, 6.07) is 12.1. The van der Waals surface area contributed by atoms with E-state index < -0.39 is 0 Å². The van der Waals surface area contributed by atoms with E-state index in [9.17, 15) is 0 Å². The Morgan fingerprint density at radius 3 is 2.60 bits per heavy atom. The lowest BCUT2D eigenvalue weighted by atomic mass is 10.1. The van der Waals surface area contributed by atoms with Crippen LogP contribution >= 0.6 is 27.3 Å². The number of aryl methyl sites for hydroxylation is 1. The second-order valence-corrected chi connectivity index (χ2v) is 6.23. The summed E-state index contributed by atoms with van der Waals surface area (Å²) in [5.74, 6) is 0.899. The Morgan fingerprint density at radius 1 is 1.20 bits per heavy atom. The van der Waals surface area contributed by atoms with Crippen LogP contribution in [-0.2, 0) is 6.54 Å². The fourth-order valence-electron chi connectivity index (χ4n) is 1.89. The Hall–Kier alpha value is -1.59. The van der Waals surface area contributed by atoms with Gasteiger partial charge in [-0.05, 0) is 47.1 Å². The van der Waals surface area contributed by atoms with E-state index in [0.717, 1.165) is 32.4 Å². The van der Waals surface area contributed by atoms with Gasteiger partial charge in [-0.25, -0.2) is 4.98 Å². The van der Waals surface area contributed by atoms with Crippen molar-refractivity contribution in [3.8, 4) is 11.3 Å². The lowest BCUT2D eigenvalue weighted by molar-refractivity contribution is 0.495. The van der Waals surface area contributed by atoms with E-state index in [-0.39, 0.29) is 0 Å². The first-order valence-corrected chi connectivity index (χ1v) is 7.88. The van der Waals surface area contributed by atoms with E-state index in [0.29, 0.717) is 6.54 Å². The minimum Gasteiger partial charge on any atom is -0.452 e. The molecule has 0 amide bonds. The van der Waals surface area contributed by atoms with Gasteiger partial charge >= 0.3 is 0 Å². The molecule has 3 aromatic rings. The highest BCUT2D eigenvalue weighted by Gasteiger charge is 2.03.